The Morgan fingerprint density at radius 1 is 0.875 bits per heavy atom. The van der Waals surface area contributed by atoms with Crippen molar-refractivity contribution >= 4 is 35.2 Å². The first-order valence-electron chi connectivity index (χ1n) is 11.1. The Bertz CT molecular complexity index is 881. The predicted molar refractivity (Wildman–Crippen MR) is 128 cm³/mol. The van der Waals surface area contributed by atoms with Crippen LogP contribution in [0.4, 0.5) is 17.1 Å². The van der Waals surface area contributed by atoms with Gasteiger partial charge in [0.25, 0.3) is 0 Å². The summed E-state index contributed by atoms with van der Waals surface area (Å²) in [6.45, 7) is 2.41. The van der Waals surface area contributed by atoms with Gasteiger partial charge in [0, 0.05) is 11.4 Å². The second-order valence-electron chi connectivity index (χ2n) is 7.59. The summed E-state index contributed by atoms with van der Waals surface area (Å²) < 4.78 is 5.34. The summed E-state index contributed by atoms with van der Waals surface area (Å²) in [5, 5.41) is 8.12. The van der Waals surface area contributed by atoms with Crippen LogP contribution in [0.2, 0.25) is 0 Å². The topological polar surface area (TPSA) is 96.5 Å². The van der Waals surface area contributed by atoms with Crippen LogP contribution in [0, 0.1) is 0 Å². The molecule has 7 nitrogen and oxygen atoms in total. The third-order valence-electron chi connectivity index (χ3n) is 5.07. The minimum absolute atomic E-state index is 0.202. The molecule has 0 radical (unpaired) electrons. The molecule has 172 valence electrons. The van der Waals surface area contributed by atoms with Crippen LogP contribution in [0.15, 0.2) is 42.5 Å². The van der Waals surface area contributed by atoms with Crippen molar-refractivity contribution in [2.24, 2.45) is 0 Å². The highest BCUT2D eigenvalue weighted by Gasteiger charge is 2.16. The second-order valence-corrected chi connectivity index (χ2v) is 7.59. The van der Waals surface area contributed by atoms with Crippen LogP contribution >= 0.6 is 0 Å². The van der Waals surface area contributed by atoms with Crippen molar-refractivity contribution in [1.82, 2.24) is 0 Å². The molecule has 2 aromatic rings. The van der Waals surface area contributed by atoms with Crippen LogP contribution in [-0.4, -0.2) is 31.8 Å². The zero-order valence-corrected chi connectivity index (χ0v) is 18.9. The lowest BCUT2D eigenvalue weighted by molar-refractivity contribution is -0.133. The molecule has 0 aliphatic heterocycles. The number of aryl methyl sites for hydroxylation is 1. The molecule has 0 unspecified atom stereocenters. The summed E-state index contributed by atoms with van der Waals surface area (Å²) in [7, 11) is 1.53. The molecular formula is C25H33N3O4. The Balaban J connectivity index is 1.92. The van der Waals surface area contributed by atoms with Crippen molar-refractivity contribution in [1.29, 1.82) is 0 Å². The number of anilines is 3. The molecule has 2 amide bonds. The quantitative estimate of drug-likeness (QED) is 0.237. The SMILES string of the molecule is CCCCCCCCc1ccc(OC)c(NC(=O)C(=O)Nc2ccc(NCC=O)cc2)c1. The summed E-state index contributed by atoms with van der Waals surface area (Å²) in [6.07, 6.45) is 8.96. The maximum Gasteiger partial charge on any atom is 0.314 e. The summed E-state index contributed by atoms with van der Waals surface area (Å²) in [5.41, 5.74) is 2.79. The third-order valence-corrected chi connectivity index (χ3v) is 5.07. The number of unbranched alkanes of at least 4 members (excludes halogenated alkanes) is 5. The van der Waals surface area contributed by atoms with Crippen LogP contribution in [0.3, 0.4) is 0 Å². The lowest BCUT2D eigenvalue weighted by Crippen LogP contribution is -2.29. The zero-order chi connectivity index (χ0) is 23.2. The molecule has 2 aromatic carbocycles. The number of ether oxygens (including phenoxy) is 1. The Hall–Kier alpha value is -3.35. The predicted octanol–water partition coefficient (Wildman–Crippen LogP) is 4.79. The number of aldehydes is 1. The van der Waals surface area contributed by atoms with Gasteiger partial charge in [-0.05, 0) is 54.8 Å². The number of hydrogen-bond donors (Lipinski definition) is 3. The van der Waals surface area contributed by atoms with Gasteiger partial charge in [0.05, 0.1) is 19.3 Å². The van der Waals surface area contributed by atoms with Crippen molar-refractivity contribution in [3.63, 3.8) is 0 Å². The van der Waals surface area contributed by atoms with Gasteiger partial charge < -0.3 is 25.5 Å². The number of amides is 2. The van der Waals surface area contributed by atoms with Crippen molar-refractivity contribution in [3.8, 4) is 5.75 Å². The first kappa shape index (κ1) is 24.9. The first-order chi connectivity index (χ1) is 15.6. The average Bonchev–Trinajstić information content (AvgIpc) is 2.81. The van der Waals surface area contributed by atoms with Crippen molar-refractivity contribution in [2.45, 2.75) is 51.9 Å². The Labute approximate surface area is 189 Å². The van der Waals surface area contributed by atoms with Gasteiger partial charge in [0.2, 0.25) is 0 Å². The number of rotatable bonds is 13. The Morgan fingerprint density at radius 3 is 2.22 bits per heavy atom. The molecule has 0 bridgehead atoms. The van der Waals surface area contributed by atoms with E-state index in [1.165, 1.54) is 39.2 Å². The van der Waals surface area contributed by atoms with Crippen LogP contribution in [-0.2, 0) is 20.8 Å². The fourth-order valence-electron chi connectivity index (χ4n) is 3.32. The summed E-state index contributed by atoms with van der Waals surface area (Å²) in [5.74, 6) is -1.05. The molecule has 3 N–H and O–H groups in total. The van der Waals surface area contributed by atoms with E-state index < -0.39 is 11.8 Å². The Morgan fingerprint density at radius 2 is 1.53 bits per heavy atom. The molecular weight excluding hydrogens is 406 g/mol. The Kier molecular flexibility index (Phi) is 10.8. The minimum Gasteiger partial charge on any atom is -0.495 e. The summed E-state index contributed by atoms with van der Waals surface area (Å²) in [4.78, 5) is 35.2. The van der Waals surface area contributed by atoms with E-state index >= 15 is 0 Å². The molecule has 0 spiro atoms. The van der Waals surface area contributed by atoms with Gasteiger partial charge >= 0.3 is 11.8 Å². The van der Waals surface area contributed by atoms with Gasteiger partial charge in [-0.2, -0.15) is 0 Å². The van der Waals surface area contributed by atoms with Crippen molar-refractivity contribution in [2.75, 3.05) is 29.6 Å². The van der Waals surface area contributed by atoms with E-state index in [1.807, 2.05) is 18.2 Å². The monoisotopic (exact) mass is 439 g/mol. The standard InChI is InChI=1S/C25H33N3O4/c1-3-4-5-6-7-8-9-19-10-15-23(32-2)22(18-19)28-25(31)24(30)27-21-13-11-20(12-14-21)26-16-17-29/h10-15,17-18,26H,3-9,16H2,1-2H3,(H,27,30)(H,28,31). The molecule has 0 heterocycles. The highest BCUT2D eigenvalue weighted by atomic mass is 16.5. The number of carbonyl (C=O) groups is 3. The smallest absolute Gasteiger partial charge is 0.314 e. The van der Waals surface area contributed by atoms with Crippen molar-refractivity contribution in [3.05, 3.63) is 48.0 Å². The molecule has 2 rings (SSSR count). The fourth-order valence-corrected chi connectivity index (χ4v) is 3.32. The van der Waals surface area contributed by atoms with E-state index in [-0.39, 0.29) is 6.54 Å². The third kappa shape index (κ3) is 8.41. The van der Waals surface area contributed by atoms with Crippen LogP contribution in [0.5, 0.6) is 5.75 Å². The van der Waals surface area contributed by atoms with Crippen molar-refractivity contribution < 1.29 is 19.1 Å². The number of nitrogens with one attached hydrogen (secondary N) is 3. The molecule has 7 heteroatoms. The minimum atomic E-state index is -0.776. The molecule has 32 heavy (non-hydrogen) atoms. The second kappa shape index (κ2) is 13.9. The number of methoxy groups -OCH3 is 1. The number of carbonyl (C=O) groups excluding carboxylic acids is 3. The van der Waals surface area contributed by atoms with E-state index in [9.17, 15) is 14.4 Å². The van der Waals surface area contributed by atoms with Crippen LogP contribution < -0.4 is 20.7 Å². The fraction of sp³-hybridized carbons (Fsp3) is 0.400. The molecule has 0 fully saturated rings. The normalized spacial score (nSPS) is 10.3. The molecule has 0 saturated heterocycles. The summed E-state index contributed by atoms with van der Waals surface area (Å²) >= 11 is 0. The van der Waals surface area contributed by atoms with Gasteiger partial charge in [-0.25, -0.2) is 0 Å². The lowest BCUT2D eigenvalue weighted by atomic mass is 10.0. The van der Waals surface area contributed by atoms with Gasteiger partial charge in [0.15, 0.2) is 0 Å². The largest absolute Gasteiger partial charge is 0.495 e. The van der Waals surface area contributed by atoms with E-state index in [2.05, 4.69) is 22.9 Å². The van der Waals surface area contributed by atoms with E-state index in [0.717, 1.165) is 30.4 Å². The number of hydrogen-bond acceptors (Lipinski definition) is 5. The molecule has 0 atom stereocenters. The summed E-state index contributed by atoms with van der Waals surface area (Å²) in [6, 6.07) is 12.4. The number of benzene rings is 2. The highest BCUT2D eigenvalue weighted by molar-refractivity contribution is 6.43. The maximum absolute atomic E-state index is 12.4. The molecule has 0 aliphatic carbocycles. The molecule has 0 aliphatic rings. The van der Waals surface area contributed by atoms with Gasteiger partial charge in [-0.3, -0.25) is 9.59 Å². The molecule has 0 saturated carbocycles. The van der Waals surface area contributed by atoms with Gasteiger partial charge in [-0.1, -0.05) is 45.1 Å². The lowest BCUT2D eigenvalue weighted by Gasteiger charge is -2.12. The van der Waals surface area contributed by atoms with Gasteiger partial charge in [0.1, 0.15) is 12.0 Å². The van der Waals surface area contributed by atoms with E-state index in [1.54, 1.807) is 24.3 Å². The van der Waals surface area contributed by atoms with Crippen LogP contribution in [0.1, 0.15) is 51.0 Å². The average molecular weight is 440 g/mol. The molecule has 0 aromatic heterocycles. The van der Waals surface area contributed by atoms with E-state index in [0.29, 0.717) is 17.1 Å². The van der Waals surface area contributed by atoms with Gasteiger partial charge in [-0.15, -0.1) is 0 Å². The van der Waals surface area contributed by atoms with E-state index in [4.69, 9.17) is 4.74 Å². The maximum atomic E-state index is 12.4. The zero-order valence-electron chi connectivity index (χ0n) is 18.9. The highest BCUT2D eigenvalue weighted by Crippen LogP contribution is 2.26. The first-order valence-corrected chi connectivity index (χ1v) is 11.1. The van der Waals surface area contributed by atoms with Crippen LogP contribution in [0.25, 0.3) is 0 Å².